The Labute approximate surface area is 156 Å². The van der Waals surface area contributed by atoms with E-state index in [9.17, 15) is 4.79 Å². The van der Waals surface area contributed by atoms with Gasteiger partial charge in [-0.2, -0.15) is 10.1 Å². The summed E-state index contributed by atoms with van der Waals surface area (Å²) in [6.07, 6.45) is 1.47. The highest BCUT2D eigenvalue weighted by molar-refractivity contribution is 6.06. The topological polar surface area (TPSA) is 81.1 Å². The van der Waals surface area contributed by atoms with Crippen molar-refractivity contribution in [2.24, 2.45) is 0 Å². The first-order valence-electron chi connectivity index (χ1n) is 8.55. The number of allylic oxidation sites excluding steroid dienone is 1. The van der Waals surface area contributed by atoms with Gasteiger partial charge in [0.1, 0.15) is 18.1 Å². The zero-order chi connectivity index (χ0) is 18.8. The number of methoxy groups -OCH3 is 1. The zero-order valence-corrected chi connectivity index (χ0v) is 15.0. The molecule has 1 amide bonds. The summed E-state index contributed by atoms with van der Waals surface area (Å²) in [4.78, 5) is 17.4. The molecule has 2 aromatic carbocycles. The van der Waals surface area contributed by atoms with Gasteiger partial charge >= 0.3 is 0 Å². The Morgan fingerprint density at radius 2 is 2.00 bits per heavy atom. The fraction of sp³-hybridized carbons (Fsp3) is 0.150. The second-order valence-corrected chi connectivity index (χ2v) is 6.19. The number of anilines is 2. The molecule has 3 aromatic rings. The largest absolute Gasteiger partial charge is 0.497 e. The van der Waals surface area contributed by atoms with Gasteiger partial charge in [-0.15, -0.1) is 0 Å². The van der Waals surface area contributed by atoms with Crippen molar-refractivity contribution in [2.75, 3.05) is 17.7 Å². The van der Waals surface area contributed by atoms with Crippen molar-refractivity contribution in [3.63, 3.8) is 0 Å². The van der Waals surface area contributed by atoms with Gasteiger partial charge in [0.05, 0.1) is 12.7 Å². The normalized spacial score (nSPS) is 15.7. The van der Waals surface area contributed by atoms with Crippen molar-refractivity contribution in [1.29, 1.82) is 0 Å². The summed E-state index contributed by atoms with van der Waals surface area (Å²) >= 11 is 0. The lowest BCUT2D eigenvalue weighted by Crippen LogP contribution is -2.31. The van der Waals surface area contributed by atoms with E-state index >= 15 is 0 Å². The van der Waals surface area contributed by atoms with Crippen LogP contribution in [0.3, 0.4) is 0 Å². The number of ether oxygens (including phenoxy) is 1. The van der Waals surface area contributed by atoms with Crippen molar-refractivity contribution in [2.45, 2.75) is 13.0 Å². The Morgan fingerprint density at radius 1 is 1.19 bits per heavy atom. The van der Waals surface area contributed by atoms with Crippen LogP contribution in [-0.2, 0) is 4.79 Å². The van der Waals surface area contributed by atoms with E-state index < -0.39 is 6.04 Å². The molecular formula is C20H19N5O2. The molecule has 1 atom stereocenters. The number of benzene rings is 2. The first-order chi connectivity index (χ1) is 13.2. The average molecular weight is 361 g/mol. The molecule has 27 heavy (non-hydrogen) atoms. The van der Waals surface area contributed by atoms with Crippen LogP contribution in [0, 0.1) is 0 Å². The maximum atomic E-state index is 13.1. The minimum absolute atomic E-state index is 0.194. The third-order valence-corrected chi connectivity index (χ3v) is 4.48. The molecule has 1 aromatic heterocycles. The molecule has 2 N–H and O–H groups in total. The fourth-order valence-corrected chi connectivity index (χ4v) is 3.22. The van der Waals surface area contributed by atoms with E-state index in [1.165, 1.54) is 6.33 Å². The molecule has 1 aliphatic rings. The minimum atomic E-state index is -0.414. The Morgan fingerprint density at radius 3 is 2.78 bits per heavy atom. The standard InChI is InChI=1S/C20H19N5O2/c1-13-17(19(26)24-15-8-4-3-5-9-15)18(25-20(23-13)21-12-22-25)14-7-6-10-16(11-14)27-2/h3-12,18H,1-2H3,(H,24,26)(H,21,22,23)/t18-/m1/s1. The summed E-state index contributed by atoms with van der Waals surface area (Å²) < 4.78 is 7.07. The molecule has 0 bridgehead atoms. The van der Waals surface area contributed by atoms with Gasteiger partial charge in [0.15, 0.2) is 0 Å². The van der Waals surface area contributed by atoms with Gasteiger partial charge in [-0.25, -0.2) is 4.68 Å². The zero-order valence-electron chi connectivity index (χ0n) is 15.0. The van der Waals surface area contributed by atoms with Crippen molar-refractivity contribution >= 4 is 17.5 Å². The lowest BCUT2D eigenvalue weighted by atomic mass is 9.95. The maximum Gasteiger partial charge on any atom is 0.255 e. The maximum absolute atomic E-state index is 13.1. The first kappa shape index (κ1) is 16.8. The number of nitrogens with zero attached hydrogens (tertiary/aromatic N) is 3. The molecule has 0 radical (unpaired) electrons. The van der Waals surface area contributed by atoms with Crippen molar-refractivity contribution < 1.29 is 9.53 Å². The predicted molar refractivity (Wildman–Crippen MR) is 103 cm³/mol. The van der Waals surface area contributed by atoms with E-state index in [1.807, 2.05) is 61.5 Å². The van der Waals surface area contributed by atoms with Gasteiger partial charge in [-0.3, -0.25) is 4.79 Å². The van der Waals surface area contributed by atoms with Crippen LogP contribution in [0.5, 0.6) is 5.75 Å². The smallest absolute Gasteiger partial charge is 0.255 e. The van der Waals surface area contributed by atoms with Crippen LogP contribution in [0.15, 0.2) is 72.2 Å². The second-order valence-electron chi connectivity index (χ2n) is 6.19. The third-order valence-electron chi connectivity index (χ3n) is 4.48. The summed E-state index contributed by atoms with van der Waals surface area (Å²) in [5.41, 5.74) is 2.93. The van der Waals surface area contributed by atoms with E-state index in [0.29, 0.717) is 17.3 Å². The van der Waals surface area contributed by atoms with E-state index in [-0.39, 0.29) is 5.91 Å². The monoisotopic (exact) mass is 361 g/mol. The van der Waals surface area contributed by atoms with Gasteiger partial charge in [0.2, 0.25) is 5.95 Å². The summed E-state index contributed by atoms with van der Waals surface area (Å²) in [5.74, 6) is 1.12. The molecule has 0 spiro atoms. The fourth-order valence-electron chi connectivity index (χ4n) is 3.22. The number of para-hydroxylation sites is 1. The van der Waals surface area contributed by atoms with Crippen LogP contribution in [0.4, 0.5) is 11.6 Å². The number of carbonyl (C=O) groups is 1. The van der Waals surface area contributed by atoms with E-state index in [0.717, 1.165) is 16.9 Å². The molecule has 136 valence electrons. The second kappa shape index (κ2) is 6.95. The van der Waals surface area contributed by atoms with Crippen molar-refractivity contribution in [1.82, 2.24) is 14.8 Å². The van der Waals surface area contributed by atoms with E-state index in [2.05, 4.69) is 20.7 Å². The van der Waals surface area contributed by atoms with E-state index in [4.69, 9.17) is 4.74 Å². The van der Waals surface area contributed by atoms with E-state index in [1.54, 1.807) is 11.8 Å². The number of aromatic nitrogens is 3. The van der Waals surface area contributed by atoms with Crippen molar-refractivity contribution in [3.8, 4) is 5.75 Å². The highest BCUT2D eigenvalue weighted by atomic mass is 16.5. The Bertz CT molecular complexity index is 1010. The van der Waals surface area contributed by atoms with Crippen LogP contribution in [0.1, 0.15) is 18.5 Å². The SMILES string of the molecule is COc1cccc([C@@H]2C(C(=O)Nc3ccccc3)=C(C)Nc3ncnn32)c1. The predicted octanol–water partition coefficient (Wildman–Crippen LogP) is 3.21. The number of amides is 1. The highest BCUT2D eigenvalue weighted by Gasteiger charge is 2.33. The van der Waals surface area contributed by atoms with Crippen molar-refractivity contribution in [3.05, 3.63) is 77.8 Å². The molecule has 7 nitrogen and oxygen atoms in total. The molecule has 4 rings (SSSR count). The lowest BCUT2D eigenvalue weighted by Gasteiger charge is -2.29. The first-order valence-corrected chi connectivity index (χ1v) is 8.55. The number of fused-ring (bicyclic) bond motifs is 1. The Balaban J connectivity index is 1.78. The summed E-state index contributed by atoms with van der Waals surface area (Å²) in [5, 5.41) is 10.5. The Kier molecular flexibility index (Phi) is 4.33. The molecule has 0 aliphatic carbocycles. The molecule has 2 heterocycles. The number of rotatable bonds is 4. The molecule has 0 fully saturated rings. The average Bonchev–Trinajstić information content (AvgIpc) is 3.15. The van der Waals surface area contributed by atoms with Crippen LogP contribution < -0.4 is 15.4 Å². The molecule has 1 aliphatic heterocycles. The van der Waals surface area contributed by atoms with Crippen LogP contribution in [0.2, 0.25) is 0 Å². The quantitative estimate of drug-likeness (QED) is 0.746. The highest BCUT2D eigenvalue weighted by Crippen LogP contribution is 2.36. The van der Waals surface area contributed by atoms with Crippen LogP contribution in [-0.4, -0.2) is 27.8 Å². The van der Waals surface area contributed by atoms with Gasteiger partial charge in [-0.05, 0) is 36.8 Å². The molecule has 0 unspecified atom stereocenters. The van der Waals surface area contributed by atoms with Gasteiger partial charge in [-0.1, -0.05) is 30.3 Å². The summed E-state index contributed by atoms with van der Waals surface area (Å²) in [6.45, 7) is 1.87. The number of nitrogens with one attached hydrogen (secondary N) is 2. The number of hydrogen-bond donors (Lipinski definition) is 2. The van der Waals surface area contributed by atoms with Crippen LogP contribution >= 0.6 is 0 Å². The van der Waals surface area contributed by atoms with Gasteiger partial charge < -0.3 is 15.4 Å². The minimum Gasteiger partial charge on any atom is -0.497 e. The lowest BCUT2D eigenvalue weighted by molar-refractivity contribution is -0.113. The van der Waals surface area contributed by atoms with Gasteiger partial charge in [0.25, 0.3) is 5.91 Å². The molecular weight excluding hydrogens is 342 g/mol. The summed E-state index contributed by atoms with van der Waals surface area (Å²) in [6, 6.07) is 16.6. The van der Waals surface area contributed by atoms with Gasteiger partial charge in [0, 0.05) is 11.4 Å². The summed E-state index contributed by atoms with van der Waals surface area (Å²) in [7, 11) is 1.62. The number of carbonyl (C=O) groups excluding carboxylic acids is 1. The molecule has 0 saturated carbocycles. The Hall–Kier alpha value is -3.61. The van der Waals surface area contributed by atoms with Crippen LogP contribution in [0.25, 0.3) is 0 Å². The molecule has 7 heteroatoms. The third kappa shape index (κ3) is 3.15. The number of hydrogen-bond acceptors (Lipinski definition) is 5. The molecule has 0 saturated heterocycles.